The highest BCUT2D eigenvalue weighted by Crippen LogP contribution is 2.32. The minimum absolute atomic E-state index is 0.223. The molecule has 0 bridgehead atoms. The fraction of sp³-hybridized carbons (Fsp3) is 0.176. The van der Waals surface area contributed by atoms with Crippen molar-refractivity contribution in [2.24, 2.45) is 0 Å². The SMILES string of the molecule is O=S(=O)(c1cccc(Cl)c1)N1CCc2[nH]c3cc(Cl)ccc3c2C1. The van der Waals surface area contributed by atoms with Gasteiger partial charge in [0.1, 0.15) is 0 Å². The van der Waals surface area contributed by atoms with E-state index >= 15 is 0 Å². The predicted octanol–water partition coefficient (Wildman–Crippen LogP) is 4.22. The average molecular weight is 381 g/mol. The zero-order valence-electron chi connectivity index (χ0n) is 12.6. The van der Waals surface area contributed by atoms with Crippen molar-refractivity contribution in [3.8, 4) is 0 Å². The number of nitrogens with one attached hydrogen (secondary N) is 1. The first-order valence-electron chi connectivity index (χ1n) is 7.50. The van der Waals surface area contributed by atoms with Crippen LogP contribution in [-0.4, -0.2) is 24.3 Å². The minimum atomic E-state index is -3.57. The van der Waals surface area contributed by atoms with Crippen molar-refractivity contribution in [3.63, 3.8) is 0 Å². The number of rotatable bonds is 2. The van der Waals surface area contributed by atoms with Crippen LogP contribution >= 0.6 is 23.2 Å². The van der Waals surface area contributed by atoms with Gasteiger partial charge in [-0.25, -0.2) is 8.42 Å². The summed E-state index contributed by atoms with van der Waals surface area (Å²) in [6, 6.07) is 12.0. The van der Waals surface area contributed by atoms with Crippen molar-refractivity contribution in [1.29, 1.82) is 0 Å². The number of aromatic nitrogens is 1. The van der Waals surface area contributed by atoms with Crippen LogP contribution in [0.25, 0.3) is 10.9 Å². The van der Waals surface area contributed by atoms with Crippen molar-refractivity contribution in [1.82, 2.24) is 9.29 Å². The molecule has 0 amide bonds. The summed E-state index contributed by atoms with van der Waals surface area (Å²) in [4.78, 5) is 3.57. The lowest BCUT2D eigenvalue weighted by Gasteiger charge is -2.26. The highest BCUT2D eigenvalue weighted by molar-refractivity contribution is 7.89. The van der Waals surface area contributed by atoms with Gasteiger partial charge in [0, 0.05) is 46.2 Å². The zero-order valence-corrected chi connectivity index (χ0v) is 14.9. The second-order valence-corrected chi connectivity index (χ2v) is 8.63. The quantitative estimate of drug-likeness (QED) is 0.723. The monoisotopic (exact) mass is 380 g/mol. The number of nitrogens with zero attached hydrogens (tertiary/aromatic N) is 1. The third kappa shape index (κ3) is 2.62. The number of aromatic amines is 1. The maximum absolute atomic E-state index is 12.9. The van der Waals surface area contributed by atoms with Crippen molar-refractivity contribution in [2.45, 2.75) is 17.9 Å². The first-order valence-corrected chi connectivity index (χ1v) is 9.69. The fourth-order valence-electron chi connectivity index (χ4n) is 3.15. The lowest BCUT2D eigenvalue weighted by molar-refractivity contribution is 0.391. The Bertz CT molecular complexity index is 1040. The van der Waals surface area contributed by atoms with Crippen LogP contribution < -0.4 is 0 Å². The zero-order chi connectivity index (χ0) is 16.9. The Balaban J connectivity index is 1.75. The van der Waals surface area contributed by atoms with Gasteiger partial charge < -0.3 is 4.98 Å². The van der Waals surface area contributed by atoms with E-state index in [4.69, 9.17) is 23.2 Å². The van der Waals surface area contributed by atoms with Gasteiger partial charge in [-0.2, -0.15) is 4.31 Å². The fourth-order valence-corrected chi connectivity index (χ4v) is 5.03. The van der Waals surface area contributed by atoms with Gasteiger partial charge in [0.15, 0.2) is 0 Å². The van der Waals surface area contributed by atoms with Gasteiger partial charge in [-0.1, -0.05) is 35.3 Å². The molecular formula is C17H14Cl2N2O2S. The molecule has 7 heteroatoms. The van der Waals surface area contributed by atoms with Crippen molar-refractivity contribution >= 4 is 44.1 Å². The van der Waals surface area contributed by atoms with Crippen LogP contribution in [0.2, 0.25) is 10.0 Å². The minimum Gasteiger partial charge on any atom is -0.358 e. The summed E-state index contributed by atoms with van der Waals surface area (Å²) >= 11 is 12.0. The van der Waals surface area contributed by atoms with E-state index in [2.05, 4.69) is 4.98 Å². The molecule has 2 heterocycles. The Kier molecular flexibility index (Phi) is 3.84. The van der Waals surface area contributed by atoms with Crippen LogP contribution in [0.15, 0.2) is 47.4 Å². The summed E-state index contributed by atoms with van der Waals surface area (Å²) in [5, 5.41) is 2.08. The maximum atomic E-state index is 12.9. The maximum Gasteiger partial charge on any atom is 0.243 e. The molecule has 0 radical (unpaired) electrons. The number of sulfonamides is 1. The predicted molar refractivity (Wildman–Crippen MR) is 96.1 cm³/mol. The van der Waals surface area contributed by atoms with E-state index in [1.165, 1.54) is 10.4 Å². The number of hydrogen-bond donors (Lipinski definition) is 1. The van der Waals surface area contributed by atoms with E-state index in [9.17, 15) is 8.42 Å². The van der Waals surface area contributed by atoms with E-state index in [0.29, 0.717) is 29.6 Å². The molecule has 24 heavy (non-hydrogen) atoms. The second kappa shape index (κ2) is 5.77. The van der Waals surface area contributed by atoms with Crippen LogP contribution in [0, 0.1) is 0 Å². The summed E-state index contributed by atoms with van der Waals surface area (Å²) in [6.45, 7) is 0.772. The van der Waals surface area contributed by atoms with Crippen LogP contribution in [-0.2, 0) is 23.0 Å². The summed E-state index contributed by atoms with van der Waals surface area (Å²) in [5.74, 6) is 0. The van der Waals surface area contributed by atoms with E-state index < -0.39 is 10.0 Å². The Labute approximate surface area is 150 Å². The number of benzene rings is 2. The molecule has 1 N–H and O–H groups in total. The molecule has 4 rings (SSSR count). The van der Waals surface area contributed by atoms with Gasteiger partial charge in [-0.05, 0) is 35.9 Å². The molecule has 0 saturated heterocycles. The molecule has 0 unspecified atom stereocenters. The molecule has 1 aliphatic heterocycles. The summed E-state index contributed by atoms with van der Waals surface area (Å²) in [5.41, 5.74) is 3.03. The Morgan fingerprint density at radius 3 is 2.62 bits per heavy atom. The molecule has 1 aromatic heterocycles. The van der Waals surface area contributed by atoms with E-state index in [1.807, 2.05) is 18.2 Å². The molecule has 0 spiro atoms. The van der Waals surface area contributed by atoms with E-state index in [-0.39, 0.29) is 4.90 Å². The molecule has 0 saturated carbocycles. The highest BCUT2D eigenvalue weighted by atomic mass is 35.5. The Hall–Kier alpha value is -1.53. The smallest absolute Gasteiger partial charge is 0.243 e. The van der Waals surface area contributed by atoms with Gasteiger partial charge in [-0.15, -0.1) is 0 Å². The average Bonchev–Trinajstić information content (AvgIpc) is 2.91. The summed E-state index contributed by atoms with van der Waals surface area (Å²) in [7, 11) is -3.57. The Morgan fingerprint density at radius 2 is 1.83 bits per heavy atom. The highest BCUT2D eigenvalue weighted by Gasteiger charge is 2.30. The summed E-state index contributed by atoms with van der Waals surface area (Å²) in [6.07, 6.45) is 0.640. The van der Waals surface area contributed by atoms with E-state index in [1.54, 1.807) is 18.2 Å². The van der Waals surface area contributed by atoms with Gasteiger partial charge in [0.05, 0.1) is 4.90 Å². The standard InChI is InChI=1S/C17H14Cl2N2O2S/c18-11-2-1-3-13(8-11)24(22,23)21-7-6-16-15(10-21)14-5-4-12(19)9-17(14)20-16/h1-5,8-9,20H,6-7,10H2. The molecule has 0 fully saturated rings. The molecular weight excluding hydrogens is 367 g/mol. The van der Waals surface area contributed by atoms with Crippen molar-refractivity contribution in [2.75, 3.05) is 6.54 Å². The lowest BCUT2D eigenvalue weighted by atomic mass is 10.1. The van der Waals surface area contributed by atoms with Gasteiger partial charge in [0.2, 0.25) is 10.0 Å². The molecule has 4 nitrogen and oxygen atoms in total. The molecule has 3 aromatic rings. The van der Waals surface area contributed by atoms with Crippen molar-refractivity contribution < 1.29 is 8.42 Å². The van der Waals surface area contributed by atoms with Crippen LogP contribution in [0.1, 0.15) is 11.3 Å². The third-order valence-electron chi connectivity index (χ3n) is 4.34. The van der Waals surface area contributed by atoms with E-state index in [0.717, 1.165) is 22.2 Å². The largest absolute Gasteiger partial charge is 0.358 e. The van der Waals surface area contributed by atoms with Crippen LogP contribution in [0.4, 0.5) is 0 Å². The molecule has 1 aliphatic rings. The Morgan fingerprint density at radius 1 is 1.04 bits per heavy atom. The second-order valence-electron chi connectivity index (χ2n) is 5.82. The van der Waals surface area contributed by atoms with Gasteiger partial charge in [0.25, 0.3) is 0 Å². The lowest BCUT2D eigenvalue weighted by Crippen LogP contribution is -2.35. The van der Waals surface area contributed by atoms with Crippen LogP contribution in [0.5, 0.6) is 0 Å². The number of hydrogen-bond acceptors (Lipinski definition) is 2. The number of fused-ring (bicyclic) bond motifs is 3. The topological polar surface area (TPSA) is 53.2 Å². The van der Waals surface area contributed by atoms with Gasteiger partial charge in [-0.3, -0.25) is 0 Å². The van der Waals surface area contributed by atoms with Crippen LogP contribution in [0.3, 0.4) is 0 Å². The molecule has 2 aromatic carbocycles. The first-order chi connectivity index (χ1) is 11.4. The molecule has 0 atom stereocenters. The summed E-state index contributed by atoms with van der Waals surface area (Å²) < 4.78 is 27.3. The number of halogens is 2. The van der Waals surface area contributed by atoms with Gasteiger partial charge >= 0.3 is 0 Å². The number of H-pyrrole nitrogens is 1. The molecule has 124 valence electrons. The molecule has 0 aliphatic carbocycles. The third-order valence-corrected chi connectivity index (χ3v) is 6.65. The normalized spacial score (nSPS) is 15.6. The first kappa shape index (κ1) is 16.0. The van der Waals surface area contributed by atoms with Crippen molar-refractivity contribution in [3.05, 3.63) is 63.8 Å².